The van der Waals surface area contributed by atoms with Crippen LogP contribution in [-0.2, 0) is 11.3 Å². The summed E-state index contributed by atoms with van der Waals surface area (Å²) >= 11 is 0. The molecule has 1 fully saturated rings. The van der Waals surface area contributed by atoms with Crippen LogP contribution in [0.25, 0.3) is 0 Å². The first-order valence-electron chi connectivity index (χ1n) is 5.92. The van der Waals surface area contributed by atoms with E-state index in [0.717, 1.165) is 26.0 Å². The summed E-state index contributed by atoms with van der Waals surface area (Å²) < 4.78 is 8.04. The monoisotopic (exact) mass is 223 g/mol. The summed E-state index contributed by atoms with van der Waals surface area (Å²) in [7, 11) is 1.96. The van der Waals surface area contributed by atoms with Crippen molar-refractivity contribution in [3.63, 3.8) is 0 Å². The lowest BCUT2D eigenvalue weighted by molar-refractivity contribution is -0.0694. The number of hydrogen-bond acceptors (Lipinski definition) is 3. The minimum absolute atomic E-state index is 0.00982. The Morgan fingerprint density at radius 3 is 3.12 bits per heavy atom. The van der Waals surface area contributed by atoms with Gasteiger partial charge in [0.15, 0.2) is 0 Å². The Balaban J connectivity index is 2.13. The van der Waals surface area contributed by atoms with Crippen LogP contribution in [0.4, 0.5) is 0 Å². The van der Waals surface area contributed by atoms with Crippen LogP contribution in [0.5, 0.6) is 0 Å². The molecule has 16 heavy (non-hydrogen) atoms. The number of aromatic nitrogens is 2. The van der Waals surface area contributed by atoms with E-state index in [1.54, 1.807) is 0 Å². The summed E-state index contributed by atoms with van der Waals surface area (Å²) in [5.74, 6) is 0. The van der Waals surface area contributed by atoms with Gasteiger partial charge in [-0.05, 0) is 33.7 Å². The van der Waals surface area contributed by atoms with E-state index in [-0.39, 0.29) is 5.60 Å². The van der Waals surface area contributed by atoms with E-state index in [2.05, 4.69) is 28.7 Å². The van der Waals surface area contributed by atoms with Gasteiger partial charge in [-0.1, -0.05) is 0 Å². The molecule has 0 radical (unpaired) electrons. The maximum atomic E-state index is 5.74. The largest absolute Gasteiger partial charge is 0.375 e. The zero-order valence-electron chi connectivity index (χ0n) is 10.4. The summed E-state index contributed by atoms with van der Waals surface area (Å²) in [6.45, 7) is 6.04. The molecule has 4 heteroatoms. The highest BCUT2D eigenvalue weighted by Gasteiger charge is 2.30. The number of nitrogens with zero attached hydrogens (tertiary/aromatic N) is 2. The molecule has 2 heterocycles. The molecule has 0 amide bonds. The van der Waals surface area contributed by atoms with E-state index in [9.17, 15) is 0 Å². The summed E-state index contributed by atoms with van der Waals surface area (Å²) in [4.78, 5) is 4.25. The molecule has 1 aliphatic rings. The van der Waals surface area contributed by atoms with Gasteiger partial charge in [0.25, 0.3) is 0 Å². The van der Waals surface area contributed by atoms with Crippen molar-refractivity contribution in [2.45, 2.75) is 44.9 Å². The summed E-state index contributed by atoms with van der Waals surface area (Å²) in [6.07, 6.45) is 6.02. The van der Waals surface area contributed by atoms with Gasteiger partial charge in [0, 0.05) is 25.4 Å². The van der Waals surface area contributed by atoms with E-state index in [4.69, 9.17) is 4.74 Å². The first-order valence-corrected chi connectivity index (χ1v) is 5.92. The average Bonchev–Trinajstić information content (AvgIpc) is 2.65. The van der Waals surface area contributed by atoms with Gasteiger partial charge in [-0.3, -0.25) is 0 Å². The average molecular weight is 223 g/mol. The van der Waals surface area contributed by atoms with Crippen molar-refractivity contribution in [2.24, 2.45) is 0 Å². The molecule has 0 spiro atoms. The third-order valence-electron chi connectivity index (χ3n) is 3.17. The second-order valence-electron chi connectivity index (χ2n) is 5.08. The van der Waals surface area contributed by atoms with Gasteiger partial charge in [0.2, 0.25) is 0 Å². The Morgan fingerprint density at radius 2 is 2.44 bits per heavy atom. The molecule has 1 unspecified atom stereocenters. The van der Waals surface area contributed by atoms with Crippen LogP contribution in [0.2, 0.25) is 0 Å². The van der Waals surface area contributed by atoms with E-state index in [0.29, 0.717) is 6.04 Å². The topological polar surface area (TPSA) is 39.1 Å². The lowest BCUT2D eigenvalue weighted by Crippen LogP contribution is -2.35. The van der Waals surface area contributed by atoms with Crippen LogP contribution < -0.4 is 5.32 Å². The smallest absolute Gasteiger partial charge is 0.0951 e. The Kier molecular flexibility index (Phi) is 3.30. The van der Waals surface area contributed by atoms with Gasteiger partial charge in [0.1, 0.15) is 0 Å². The molecular formula is C12H21N3O. The fourth-order valence-electron chi connectivity index (χ4n) is 2.42. The zero-order valence-corrected chi connectivity index (χ0v) is 10.4. The van der Waals surface area contributed by atoms with Gasteiger partial charge in [0.05, 0.1) is 17.6 Å². The number of ether oxygens (including phenoxy) is 1. The lowest BCUT2D eigenvalue weighted by atomic mass is 9.93. The van der Waals surface area contributed by atoms with E-state index in [1.165, 1.54) is 5.69 Å². The molecule has 4 nitrogen and oxygen atoms in total. The predicted octanol–water partition coefficient (Wildman–Crippen LogP) is 1.73. The molecular weight excluding hydrogens is 202 g/mol. The second-order valence-corrected chi connectivity index (χ2v) is 5.08. The molecule has 1 saturated heterocycles. The van der Waals surface area contributed by atoms with Gasteiger partial charge in [-0.25, -0.2) is 4.98 Å². The van der Waals surface area contributed by atoms with Crippen LogP contribution in [0.1, 0.15) is 38.4 Å². The van der Waals surface area contributed by atoms with Crippen LogP contribution >= 0.6 is 0 Å². The fourth-order valence-corrected chi connectivity index (χ4v) is 2.42. The molecule has 1 atom stereocenters. The fraction of sp³-hybridized carbons (Fsp3) is 0.750. The minimum Gasteiger partial charge on any atom is -0.375 e. The van der Waals surface area contributed by atoms with Crippen molar-refractivity contribution < 1.29 is 4.74 Å². The van der Waals surface area contributed by atoms with Crippen LogP contribution in [0.3, 0.4) is 0 Å². The number of imidazole rings is 1. The molecule has 2 rings (SSSR count). The Bertz CT molecular complexity index is 346. The van der Waals surface area contributed by atoms with Gasteiger partial charge < -0.3 is 14.6 Å². The highest BCUT2D eigenvalue weighted by Crippen LogP contribution is 2.32. The third-order valence-corrected chi connectivity index (χ3v) is 3.17. The molecule has 1 N–H and O–H groups in total. The van der Waals surface area contributed by atoms with Gasteiger partial charge in [-0.15, -0.1) is 0 Å². The highest BCUT2D eigenvalue weighted by atomic mass is 16.5. The maximum Gasteiger partial charge on any atom is 0.0951 e. The van der Waals surface area contributed by atoms with Crippen LogP contribution in [0, 0.1) is 0 Å². The summed E-state index contributed by atoms with van der Waals surface area (Å²) in [5, 5.41) is 3.18. The lowest BCUT2D eigenvalue weighted by Gasteiger charge is -2.36. The number of hydrogen-bond donors (Lipinski definition) is 1. The predicted molar refractivity (Wildman–Crippen MR) is 63.3 cm³/mol. The van der Waals surface area contributed by atoms with Crippen molar-refractivity contribution in [3.8, 4) is 0 Å². The molecule has 1 aliphatic heterocycles. The molecule has 1 aromatic rings. The zero-order chi connectivity index (χ0) is 11.6. The van der Waals surface area contributed by atoms with Gasteiger partial charge in [-0.2, -0.15) is 0 Å². The van der Waals surface area contributed by atoms with Crippen LogP contribution in [-0.4, -0.2) is 28.8 Å². The van der Waals surface area contributed by atoms with E-state index < -0.39 is 0 Å². The van der Waals surface area contributed by atoms with Crippen LogP contribution in [0.15, 0.2) is 12.5 Å². The maximum absolute atomic E-state index is 5.74. The van der Waals surface area contributed by atoms with Crippen molar-refractivity contribution in [3.05, 3.63) is 18.2 Å². The Labute approximate surface area is 97.0 Å². The van der Waals surface area contributed by atoms with Crippen molar-refractivity contribution in [1.82, 2.24) is 14.9 Å². The number of nitrogens with one attached hydrogen (secondary N) is 1. The number of rotatable bonds is 3. The molecule has 0 aromatic carbocycles. The summed E-state index contributed by atoms with van der Waals surface area (Å²) in [5.41, 5.74) is 1.24. The quantitative estimate of drug-likeness (QED) is 0.848. The third kappa shape index (κ3) is 2.44. The van der Waals surface area contributed by atoms with E-state index in [1.807, 2.05) is 19.6 Å². The molecule has 0 aliphatic carbocycles. The molecule has 0 bridgehead atoms. The minimum atomic E-state index is -0.00982. The molecule has 1 aromatic heterocycles. The second kappa shape index (κ2) is 4.55. The Morgan fingerprint density at radius 1 is 1.62 bits per heavy atom. The van der Waals surface area contributed by atoms with Crippen molar-refractivity contribution in [1.29, 1.82) is 0 Å². The van der Waals surface area contributed by atoms with Crippen molar-refractivity contribution in [2.75, 3.05) is 13.7 Å². The Hall–Kier alpha value is -0.870. The standard InChI is InChI=1S/C12H21N3O/c1-12(2)6-10(4-5-16-12)15-9-14-8-11(15)7-13-3/h8-10,13H,4-7H2,1-3H3. The molecule has 0 saturated carbocycles. The normalized spacial score (nSPS) is 24.6. The van der Waals surface area contributed by atoms with E-state index >= 15 is 0 Å². The summed E-state index contributed by atoms with van der Waals surface area (Å²) in [6, 6.07) is 0.523. The molecule has 90 valence electrons. The van der Waals surface area contributed by atoms with Gasteiger partial charge >= 0.3 is 0 Å². The van der Waals surface area contributed by atoms with Crippen molar-refractivity contribution >= 4 is 0 Å². The first-order chi connectivity index (χ1) is 7.62. The highest BCUT2D eigenvalue weighted by molar-refractivity contribution is 5.01. The first kappa shape index (κ1) is 11.6. The SMILES string of the molecule is CNCc1cncn1C1CCOC(C)(C)C1.